The van der Waals surface area contributed by atoms with E-state index in [0.29, 0.717) is 17.1 Å². The number of ether oxygens (including phenoxy) is 2. The van der Waals surface area contributed by atoms with Gasteiger partial charge in [0.1, 0.15) is 0 Å². The number of piperidine rings is 1. The molecule has 0 saturated carbocycles. The van der Waals surface area contributed by atoms with Gasteiger partial charge in [-0.3, -0.25) is 4.79 Å². The molecule has 23 heavy (non-hydrogen) atoms. The summed E-state index contributed by atoms with van der Waals surface area (Å²) in [5.41, 5.74) is 7.62. The predicted octanol–water partition coefficient (Wildman–Crippen LogP) is 2.78. The van der Waals surface area contributed by atoms with Gasteiger partial charge in [-0.1, -0.05) is 0 Å². The summed E-state index contributed by atoms with van der Waals surface area (Å²) in [5.74, 6) is 1.24. The first-order valence-corrected chi connectivity index (χ1v) is 7.78. The Bertz CT molecular complexity index is 549. The standard InChI is InChI=1S/C17H26N2O3.ClH/c1-11-9-15(21-3)16(22-4)10-13(11)17(20)19-8-6-5-7-14(19)12(2)18;/h9-10,12,14H,5-8,18H2,1-4H3;1H. The van der Waals surface area contributed by atoms with Gasteiger partial charge in [0.05, 0.1) is 14.2 Å². The molecule has 1 aromatic carbocycles. The van der Waals surface area contributed by atoms with E-state index in [4.69, 9.17) is 15.2 Å². The number of benzene rings is 1. The highest BCUT2D eigenvalue weighted by molar-refractivity contribution is 5.96. The van der Waals surface area contributed by atoms with Crippen molar-refractivity contribution in [1.82, 2.24) is 4.90 Å². The van der Waals surface area contributed by atoms with Crippen LogP contribution in [0.4, 0.5) is 0 Å². The second kappa shape index (κ2) is 8.41. The lowest BCUT2D eigenvalue weighted by atomic mass is 9.95. The van der Waals surface area contributed by atoms with E-state index >= 15 is 0 Å². The average molecular weight is 343 g/mol. The molecule has 0 spiro atoms. The molecule has 6 heteroatoms. The molecular formula is C17H27ClN2O3. The van der Waals surface area contributed by atoms with Crippen LogP contribution in [0.15, 0.2) is 12.1 Å². The molecule has 1 aliphatic heterocycles. The minimum Gasteiger partial charge on any atom is -0.493 e. The summed E-state index contributed by atoms with van der Waals surface area (Å²) in [7, 11) is 3.17. The summed E-state index contributed by atoms with van der Waals surface area (Å²) >= 11 is 0. The van der Waals surface area contributed by atoms with E-state index in [1.165, 1.54) is 0 Å². The number of hydrogen-bond donors (Lipinski definition) is 1. The number of likely N-dealkylation sites (tertiary alicyclic amines) is 1. The monoisotopic (exact) mass is 342 g/mol. The van der Waals surface area contributed by atoms with Crippen LogP contribution in [0.1, 0.15) is 42.1 Å². The second-order valence-corrected chi connectivity index (χ2v) is 5.94. The number of aryl methyl sites for hydroxylation is 1. The molecule has 130 valence electrons. The predicted molar refractivity (Wildman–Crippen MR) is 93.9 cm³/mol. The lowest BCUT2D eigenvalue weighted by molar-refractivity contribution is 0.0582. The number of carbonyl (C=O) groups is 1. The zero-order valence-corrected chi connectivity index (χ0v) is 15.1. The zero-order chi connectivity index (χ0) is 16.3. The van der Waals surface area contributed by atoms with Crippen LogP contribution in [-0.4, -0.2) is 43.7 Å². The quantitative estimate of drug-likeness (QED) is 0.913. The molecule has 1 aliphatic rings. The molecule has 0 radical (unpaired) electrons. The van der Waals surface area contributed by atoms with Crippen molar-refractivity contribution in [2.24, 2.45) is 5.73 Å². The third-order valence-corrected chi connectivity index (χ3v) is 4.38. The van der Waals surface area contributed by atoms with E-state index in [-0.39, 0.29) is 30.4 Å². The number of methoxy groups -OCH3 is 2. The number of rotatable bonds is 4. The highest BCUT2D eigenvalue weighted by Gasteiger charge is 2.31. The summed E-state index contributed by atoms with van der Waals surface area (Å²) in [5, 5.41) is 0. The molecule has 2 N–H and O–H groups in total. The van der Waals surface area contributed by atoms with Crippen molar-refractivity contribution in [1.29, 1.82) is 0 Å². The molecule has 0 aromatic heterocycles. The van der Waals surface area contributed by atoms with Crippen molar-refractivity contribution in [3.8, 4) is 11.5 Å². The fraction of sp³-hybridized carbons (Fsp3) is 0.588. The summed E-state index contributed by atoms with van der Waals surface area (Å²) in [6.45, 7) is 4.65. The summed E-state index contributed by atoms with van der Waals surface area (Å²) in [6.07, 6.45) is 3.12. The minimum absolute atomic E-state index is 0. The van der Waals surface area contributed by atoms with E-state index in [9.17, 15) is 4.79 Å². The van der Waals surface area contributed by atoms with E-state index in [0.717, 1.165) is 31.4 Å². The number of amides is 1. The van der Waals surface area contributed by atoms with Crippen LogP contribution in [-0.2, 0) is 0 Å². The second-order valence-electron chi connectivity index (χ2n) is 5.94. The average Bonchev–Trinajstić information content (AvgIpc) is 2.53. The molecule has 2 rings (SSSR count). The summed E-state index contributed by atoms with van der Waals surface area (Å²) in [6, 6.07) is 3.69. The van der Waals surface area contributed by atoms with E-state index < -0.39 is 0 Å². The van der Waals surface area contributed by atoms with E-state index in [1.807, 2.05) is 24.8 Å². The molecule has 1 heterocycles. The van der Waals surface area contributed by atoms with E-state index in [1.54, 1.807) is 20.3 Å². The number of halogens is 1. The van der Waals surface area contributed by atoms with Gasteiger partial charge in [-0.15, -0.1) is 12.4 Å². The van der Waals surface area contributed by atoms with Gasteiger partial charge >= 0.3 is 0 Å². The molecule has 2 unspecified atom stereocenters. The number of nitrogens with two attached hydrogens (primary N) is 1. The molecule has 0 bridgehead atoms. The first kappa shape index (κ1) is 19.6. The van der Waals surface area contributed by atoms with Crippen LogP contribution >= 0.6 is 12.4 Å². The maximum absolute atomic E-state index is 13.0. The Labute approximate surface area is 144 Å². The van der Waals surface area contributed by atoms with Crippen LogP contribution in [0.5, 0.6) is 11.5 Å². The molecule has 1 saturated heterocycles. The van der Waals surface area contributed by atoms with Gasteiger partial charge in [-0.25, -0.2) is 0 Å². The Kier molecular flexibility index (Phi) is 7.16. The Morgan fingerprint density at radius 3 is 2.43 bits per heavy atom. The van der Waals surface area contributed by atoms with Crippen LogP contribution < -0.4 is 15.2 Å². The molecule has 2 atom stereocenters. The Balaban J connectivity index is 0.00000264. The zero-order valence-electron chi connectivity index (χ0n) is 14.3. The van der Waals surface area contributed by atoms with Crippen LogP contribution in [0.25, 0.3) is 0 Å². The molecule has 1 fully saturated rings. The third kappa shape index (κ3) is 4.09. The molecule has 0 aliphatic carbocycles. The Morgan fingerprint density at radius 1 is 1.26 bits per heavy atom. The maximum atomic E-state index is 13.0. The summed E-state index contributed by atoms with van der Waals surface area (Å²) < 4.78 is 10.6. The van der Waals surface area contributed by atoms with Crippen LogP contribution in [0, 0.1) is 6.92 Å². The largest absolute Gasteiger partial charge is 0.493 e. The van der Waals surface area contributed by atoms with Gasteiger partial charge in [0.2, 0.25) is 0 Å². The van der Waals surface area contributed by atoms with Crippen molar-refractivity contribution >= 4 is 18.3 Å². The van der Waals surface area contributed by atoms with E-state index in [2.05, 4.69) is 0 Å². The normalized spacial score (nSPS) is 18.8. The lowest BCUT2D eigenvalue weighted by Crippen LogP contribution is -2.51. The first-order chi connectivity index (χ1) is 10.5. The SMILES string of the molecule is COc1cc(C)c(C(=O)N2CCCCC2C(C)N)cc1OC.Cl. The smallest absolute Gasteiger partial charge is 0.254 e. The minimum atomic E-state index is -0.0234. The highest BCUT2D eigenvalue weighted by Crippen LogP contribution is 2.32. The van der Waals surface area contributed by atoms with Crippen LogP contribution in [0.3, 0.4) is 0 Å². The van der Waals surface area contributed by atoms with Gasteiger partial charge in [-0.05, 0) is 50.8 Å². The van der Waals surface area contributed by atoms with Crippen molar-refractivity contribution < 1.29 is 14.3 Å². The van der Waals surface area contributed by atoms with Crippen molar-refractivity contribution in [2.45, 2.75) is 45.2 Å². The fourth-order valence-corrected chi connectivity index (χ4v) is 3.12. The number of carbonyl (C=O) groups excluding carboxylic acids is 1. The van der Waals surface area contributed by atoms with Crippen molar-refractivity contribution in [3.63, 3.8) is 0 Å². The first-order valence-electron chi connectivity index (χ1n) is 7.78. The molecular weight excluding hydrogens is 316 g/mol. The highest BCUT2D eigenvalue weighted by atomic mass is 35.5. The van der Waals surface area contributed by atoms with Gasteiger partial charge < -0.3 is 20.1 Å². The lowest BCUT2D eigenvalue weighted by Gasteiger charge is -2.38. The van der Waals surface area contributed by atoms with Gasteiger partial charge in [-0.2, -0.15) is 0 Å². The molecule has 5 nitrogen and oxygen atoms in total. The number of hydrogen-bond acceptors (Lipinski definition) is 4. The maximum Gasteiger partial charge on any atom is 0.254 e. The Hall–Kier alpha value is -1.46. The fourth-order valence-electron chi connectivity index (χ4n) is 3.12. The third-order valence-electron chi connectivity index (χ3n) is 4.38. The summed E-state index contributed by atoms with van der Waals surface area (Å²) in [4.78, 5) is 14.9. The van der Waals surface area contributed by atoms with Crippen LogP contribution in [0.2, 0.25) is 0 Å². The number of nitrogens with zero attached hydrogens (tertiary/aromatic N) is 1. The van der Waals surface area contributed by atoms with Gasteiger partial charge in [0.25, 0.3) is 5.91 Å². The van der Waals surface area contributed by atoms with Gasteiger partial charge in [0.15, 0.2) is 11.5 Å². The van der Waals surface area contributed by atoms with Crippen molar-refractivity contribution in [3.05, 3.63) is 23.3 Å². The Morgan fingerprint density at radius 2 is 1.87 bits per heavy atom. The molecule has 1 amide bonds. The van der Waals surface area contributed by atoms with Gasteiger partial charge in [0, 0.05) is 24.2 Å². The topological polar surface area (TPSA) is 64.8 Å². The van der Waals surface area contributed by atoms with Crippen molar-refractivity contribution in [2.75, 3.05) is 20.8 Å². The molecule has 1 aromatic rings.